The molecule has 214 valence electrons. The number of benzene rings is 2. The third kappa shape index (κ3) is 7.38. The average Bonchev–Trinajstić information content (AvgIpc) is 2.89. The number of nitriles is 1. The predicted octanol–water partition coefficient (Wildman–Crippen LogP) is 5.86. The molecule has 1 aliphatic carbocycles. The van der Waals surface area contributed by atoms with Crippen LogP contribution >= 0.6 is 11.6 Å². The van der Waals surface area contributed by atoms with E-state index in [1.165, 1.54) is 0 Å². The molecule has 40 heavy (non-hydrogen) atoms. The van der Waals surface area contributed by atoms with Crippen LogP contribution in [0.25, 0.3) is 0 Å². The molecule has 10 nitrogen and oxygen atoms in total. The number of carbonyl (C=O) groups excluding carboxylic acids is 1. The van der Waals surface area contributed by atoms with E-state index < -0.39 is 10.1 Å². The summed E-state index contributed by atoms with van der Waals surface area (Å²) in [6, 6.07) is 13.8. The molecule has 1 aliphatic rings. The van der Waals surface area contributed by atoms with Crippen molar-refractivity contribution in [1.82, 2.24) is 5.32 Å². The van der Waals surface area contributed by atoms with Crippen molar-refractivity contribution in [3.8, 4) is 11.8 Å². The van der Waals surface area contributed by atoms with Crippen LogP contribution in [0.2, 0.25) is 5.02 Å². The molecular formula is C28H34ClN5O5S. The van der Waals surface area contributed by atoms with E-state index in [1.807, 2.05) is 33.8 Å². The van der Waals surface area contributed by atoms with Crippen LogP contribution in [0.5, 0.6) is 5.75 Å². The van der Waals surface area contributed by atoms with E-state index in [0.717, 1.165) is 6.26 Å². The van der Waals surface area contributed by atoms with E-state index in [2.05, 4.69) is 15.7 Å². The number of hydrogen-bond acceptors (Lipinski definition) is 9. The number of halogens is 1. The summed E-state index contributed by atoms with van der Waals surface area (Å²) in [6.45, 7) is 8.18. The zero-order chi connectivity index (χ0) is 29.7. The number of hydrogen-bond donors (Lipinski definition) is 3. The van der Waals surface area contributed by atoms with E-state index in [1.54, 1.807) is 48.7 Å². The number of ether oxygens (including phenoxy) is 1. The van der Waals surface area contributed by atoms with Gasteiger partial charge in [0.1, 0.15) is 17.9 Å². The molecule has 0 heterocycles. The van der Waals surface area contributed by atoms with E-state index in [9.17, 15) is 13.2 Å². The van der Waals surface area contributed by atoms with Crippen molar-refractivity contribution in [2.45, 2.75) is 52.7 Å². The van der Waals surface area contributed by atoms with E-state index >= 15 is 0 Å². The maximum atomic E-state index is 13.1. The van der Waals surface area contributed by atoms with Gasteiger partial charge in [-0.15, -0.1) is 0 Å². The lowest BCUT2D eigenvalue weighted by molar-refractivity contribution is -0.164. The van der Waals surface area contributed by atoms with E-state index in [-0.39, 0.29) is 35.5 Å². The summed E-state index contributed by atoms with van der Waals surface area (Å²) >= 11 is 6.17. The molecule has 0 bridgehead atoms. The second-order valence-corrected chi connectivity index (χ2v) is 13.0. The molecular weight excluding hydrogens is 554 g/mol. The molecule has 0 spiro atoms. The van der Waals surface area contributed by atoms with Crippen molar-refractivity contribution < 1.29 is 22.1 Å². The Balaban J connectivity index is 1.59. The van der Waals surface area contributed by atoms with Crippen molar-refractivity contribution in [2.24, 2.45) is 15.9 Å². The maximum absolute atomic E-state index is 13.1. The molecule has 0 unspecified atom stereocenters. The quantitative estimate of drug-likeness (QED) is 0.159. The summed E-state index contributed by atoms with van der Waals surface area (Å²) in [4.78, 5) is 13.1. The van der Waals surface area contributed by atoms with Crippen LogP contribution in [0.3, 0.4) is 0 Å². The standard InChI is InChI=1S/C28H34ClN5O5S/c1-27(2)25(28(3,4)26(27)39-22-13-10-19(16-30)23(29)15-22)33-24(35)18-8-11-20(12-9-18)32-17-21(34-31)7-6-14-38-40(5,36)37/h8-13,15,17,25-26,31-32H,6-7,14H2,1-5H3,(H,33,35)/b21-17-,34-31?/t25-,26-. The Morgan fingerprint density at radius 1 is 1.18 bits per heavy atom. The second-order valence-electron chi connectivity index (χ2n) is 10.9. The van der Waals surface area contributed by atoms with Gasteiger partial charge in [-0.25, -0.2) is 5.53 Å². The topological polar surface area (TPSA) is 154 Å². The first kappa shape index (κ1) is 31.1. The number of anilines is 1. The zero-order valence-corrected chi connectivity index (χ0v) is 24.7. The predicted molar refractivity (Wildman–Crippen MR) is 153 cm³/mol. The number of nitrogens with zero attached hydrogens (tertiary/aromatic N) is 2. The molecule has 0 radical (unpaired) electrons. The monoisotopic (exact) mass is 587 g/mol. The number of amides is 1. The molecule has 0 aromatic heterocycles. The molecule has 3 rings (SSSR count). The van der Waals surface area contributed by atoms with Crippen molar-refractivity contribution >= 4 is 33.3 Å². The maximum Gasteiger partial charge on any atom is 0.264 e. The average molecular weight is 588 g/mol. The Hall–Kier alpha value is -3.46. The highest BCUT2D eigenvalue weighted by Crippen LogP contribution is 2.55. The van der Waals surface area contributed by atoms with Gasteiger partial charge in [0.2, 0.25) is 0 Å². The second kappa shape index (κ2) is 12.4. The van der Waals surface area contributed by atoms with Crippen LogP contribution in [-0.4, -0.2) is 39.3 Å². The largest absolute Gasteiger partial charge is 0.489 e. The normalized spacial score (nSPS) is 19.6. The third-order valence-electron chi connectivity index (χ3n) is 7.00. The molecule has 12 heteroatoms. The lowest BCUT2D eigenvalue weighted by Crippen LogP contribution is -2.74. The van der Waals surface area contributed by atoms with E-state index in [0.29, 0.717) is 46.1 Å². The smallest absolute Gasteiger partial charge is 0.264 e. The SMILES string of the molecule is CC1(C)[C@H](NC(=O)c2ccc(N/C=C(/CCCOS(C)(=O)=O)N=N)cc2)C(C)(C)[C@H]1Oc1ccc(C#N)c(Cl)c1. The molecule has 0 aliphatic heterocycles. The fourth-order valence-corrected chi connectivity index (χ4v) is 5.95. The molecule has 2 aromatic carbocycles. The number of carbonyl (C=O) groups is 1. The highest BCUT2D eigenvalue weighted by molar-refractivity contribution is 7.85. The van der Waals surface area contributed by atoms with Crippen molar-refractivity contribution in [1.29, 1.82) is 10.8 Å². The summed E-state index contributed by atoms with van der Waals surface area (Å²) in [5, 5.41) is 19.1. The highest BCUT2D eigenvalue weighted by atomic mass is 35.5. The minimum atomic E-state index is -3.50. The van der Waals surface area contributed by atoms with Crippen molar-refractivity contribution in [3.63, 3.8) is 0 Å². The molecule has 3 N–H and O–H groups in total. The minimum absolute atomic E-state index is 0.0147. The van der Waals surface area contributed by atoms with Gasteiger partial charge in [-0.05, 0) is 49.2 Å². The summed E-state index contributed by atoms with van der Waals surface area (Å²) in [5.74, 6) is 0.363. The van der Waals surface area contributed by atoms with Gasteiger partial charge in [0.15, 0.2) is 0 Å². The third-order valence-corrected chi connectivity index (χ3v) is 7.91. The van der Waals surface area contributed by atoms with Crippen LogP contribution in [0.4, 0.5) is 5.69 Å². The first-order valence-electron chi connectivity index (χ1n) is 12.6. The number of allylic oxidation sites excluding steroid dienone is 1. The Labute approximate surface area is 240 Å². The van der Waals surface area contributed by atoms with Gasteiger partial charge >= 0.3 is 0 Å². The Morgan fingerprint density at radius 2 is 1.82 bits per heavy atom. The first-order valence-corrected chi connectivity index (χ1v) is 14.8. The van der Waals surface area contributed by atoms with Crippen LogP contribution in [0, 0.1) is 27.7 Å². The summed E-state index contributed by atoms with van der Waals surface area (Å²) in [7, 11) is -3.50. The summed E-state index contributed by atoms with van der Waals surface area (Å²) in [5.41, 5.74) is 8.55. The molecule has 1 amide bonds. The van der Waals surface area contributed by atoms with Crippen LogP contribution in [-0.2, 0) is 14.3 Å². The zero-order valence-electron chi connectivity index (χ0n) is 23.1. The molecule has 1 saturated carbocycles. The summed E-state index contributed by atoms with van der Waals surface area (Å²) in [6.07, 6.45) is 3.09. The van der Waals surface area contributed by atoms with Gasteiger partial charge in [-0.3, -0.25) is 8.98 Å². The van der Waals surface area contributed by atoms with Gasteiger partial charge in [-0.2, -0.15) is 18.8 Å². The summed E-state index contributed by atoms with van der Waals surface area (Å²) < 4.78 is 33.0. The van der Waals surface area contributed by atoms with Gasteiger partial charge in [0, 0.05) is 40.4 Å². The minimum Gasteiger partial charge on any atom is -0.489 e. The Kier molecular flexibility index (Phi) is 9.61. The fourth-order valence-electron chi connectivity index (χ4n) is 5.32. The number of rotatable bonds is 12. The Bertz CT molecular complexity index is 1420. The van der Waals surface area contributed by atoms with Gasteiger partial charge in [0.05, 0.1) is 29.1 Å². The molecule has 1 fully saturated rings. The van der Waals surface area contributed by atoms with Crippen molar-refractivity contribution in [3.05, 3.63) is 70.5 Å². The Morgan fingerprint density at radius 3 is 2.38 bits per heavy atom. The van der Waals surface area contributed by atoms with Crippen molar-refractivity contribution in [2.75, 3.05) is 18.2 Å². The van der Waals surface area contributed by atoms with Crippen LogP contribution in [0.15, 0.2) is 59.5 Å². The van der Waals surface area contributed by atoms with Crippen LogP contribution in [0.1, 0.15) is 56.5 Å². The van der Waals surface area contributed by atoms with Gasteiger partial charge in [-0.1, -0.05) is 39.3 Å². The highest BCUT2D eigenvalue weighted by Gasteiger charge is 2.64. The molecule has 0 atom stereocenters. The van der Waals surface area contributed by atoms with Crippen LogP contribution < -0.4 is 15.4 Å². The number of nitrogens with one attached hydrogen (secondary N) is 3. The molecule has 2 aromatic rings. The fraction of sp³-hybridized carbons (Fsp3) is 0.429. The van der Waals surface area contributed by atoms with Gasteiger partial charge < -0.3 is 15.4 Å². The first-order chi connectivity index (χ1) is 18.7. The van der Waals surface area contributed by atoms with Gasteiger partial charge in [0.25, 0.3) is 16.0 Å². The molecule has 0 saturated heterocycles. The van der Waals surface area contributed by atoms with E-state index in [4.69, 9.17) is 31.3 Å². The lowest BCUT2D eigenvalue weighted by atomic mass is 9.49. The lowest BCUT2D eigenvalue weighted by Gasteiger charge is -2.63.